The third-order valence-electron chi connectivity index (χ3n) is 2.60. The van der Waals surface area contributed by atoms with Crippen molar-refractivity contribution in [3.8, 4) is 0 Å². The van der Waals surface area contributed by atoms with Crippen molar-refractivity contribution in [2.75, 3.05) is 11.1 Å². The van der Waals surface area contributed by atoms with Gasteiger partial charge in [0, 0.05) is 11.4 Å². The highest BCUT2D eigenvalue weighted by atomic mass is 79.9. The Hall–Kier alpha value is -0.763. The lowest BCUT2D eigenvalue weighted by molar-refractivity contribution is -0.112. The van der Waals surface area contributed by atoms with E-state index in [0.29, 0.717) is 4.48 Å². The molecule has 1 heterocycles. The Morgan fingerprint density at radius 2 is 2.05 bits per heavy atom. The summed E-state index contributed by atoms with van der Waals surface area (Å²) in [6, 6.07) is 9.40. The topological polar surface area (TPSA) is 50.4 Å². The summed E-state index contributed by atoms with van der Waals surface area (Å²) >= 11 is 4.97. The molecule has 0 spiro atoms. The summed E-state index contributed by atoms with van der Waals surface area (Å²) in [7, 11) is -1.59. The van der Waals surface area contributed by atoms with Crippen LogP contribution in [0.25, 0.3) is 0 Å². The third kappa shape index (κ3) is 5.17. The van der Waals surface area contributed by atoms with Gasteiger partial charge in [-0.3, -0.25) is 4.79 Å². The fourth-order valence-corrected chi connectivity index (χ4v) is 4.39. The van der Waals surface area contributed by atoms with E-state index >= 15 is 0 Å². The van der Waals surface area contributed by atoms with Crippen LogP contribution in [0, 0.1) is 0 Å². The minimum atomic E-state index is -1.59. The van der Waals surface area contributed by atoms with Crippen molar-refractivity contribution in [2.24, 2.45) is 0 Å². The van der Waals surface area contributed by atoms with Crippen molar-refractivity contribution in [3.63, 3.8) is 0 Å². The first-order chi connectivity index (χ1) is 9.85. The smallest absolute Gasteiger partial charge is 0.265 e. The second-order valence-corrected chi connectivity index (χ2v) is 11.9. The highest BCUT2D eigenvalue weighted by molar-refractivity contribution is 9.12. The van der Waals surface area contributed by atoms with Crippen molar-refractivity contribution in [1.82, 2.24) is 5.32 Å². The summed E-state index contributed by atoms with van der Waals surface area (Å²) in [5.74, 6) is 0.651. The lowest BCUT2D eigenvalue weighted by Crippen LogP contribution is -2.38. The molecule has 1 aliphatic rings. The molecule has 4 nitrogen and oxygen atoms in total. The highest BCUT2D eigenvalue weighted by Gasteiger charge is 2.28. The first kappa shape index (κ1) is 16.6. The van der Waals surface area contributed by atoms with Gasteiger partial charge in [-0.2, -0.15) is 0 Å². The number of nitrogens with one attached hydrogen (secondary N) is 2. The van der Waals surface area contributed by atoms with Crippen LogP contribution in [0.3, 0.4) is 0 Å². The van der Waals surface area contributed by atoms with E-state index in [1.165, 1.54) is 0 Å². The number of amides is 1. The predicted molar refractivity (Wildman–Crippen MR) is 94.8 cm³/mol. The summed E-state index contributed by atoms with van der Waals surface area (Å²) in [5, 5.41) is 6.94. The van der Waals surface area contributed by atoms with Crippen LogP contribution in [0.2, 0.25) is 19.6 Å². The lowest BCUT2D eigenvalue weighted by atomic mass is 10.3. The molecule has 0 radical (unpaired) electrons. The van der Waals surface area contributed by atoms with E-state index in [4.69, 9.17) is 4.43 Å². The molecule has 1 aliphatic heterocycles. The highest BCUT2D eigenvalue weighted by Crippen LogP contribution is 2.30. The number of halogens is 1. The summed E-state index contributed by atoms with van der Waals surface area (Å²) in [4.78, 5) is 12.2. The standard InChI is InChI=1S/C14H19BrN2O2SSi/c1-21(2,3)19-11-9-20-14(17-11)12(15)13(18)16-10-7-5-4-6-8-10/h4-8,11,17H,9H2,1-3H3,(H,16,18)/b14-12-. The second-order valence-electron chi connectivity index (χ2n) is 5.64. The number of hydrogen-bond donors (Lipinski definition) is 2. The Morgan fingerprint density at radius 3 is 2.67 bits per heavy atom. The largest absolute Gasteiger partial charge is 0.397 e. The van der Waals surface area contributed by atoms with Crippen LogP contribution in [0.15, 0.2) is 39.8 Å². The number of benzene rings is 1. The molecule has 0 saturated carbocycles. The lowest BCUT2D eigenvalue weighted by Gasteiger charge is -2.22. The third-order valence-corrected chi connectivity index (χ3v) is 5.69. The average molecular weight is 387 g/mol. The van der Waals surface area contributed by atoms with Crippen molar-refractivity contribution in [2.45, 2.75) is 25.9 Å². The Kier molecular flexibility index (Phi) is 5.53. The number of carbonyl (C=O) groups excluding carboxylic acids is 1. The van der Waals surface area contributed by atoms with E-state index < -0.39 is 8.32 Å². The molecule has 0 aromatic heterocycles. The minimum Gasteiger partial charge on any atom is -0.397 e. The fraction of sp³-hybridized carbons (Fsp3) is 0.357. The van der Waals surface area contributed by atoms with Gasteiger partial charge in [-0.05, 0) is 47.7 Å². The zero-order chi connectivity index (χ0) is 15.5. The van der Waals surface area contributed by atoms with Gasteiger partial charge in [0.1, 0.15) is 10.7 Å². The zero-order valence-corrected chi connectivity index (χ0v) is 15.7. The Morgan fingerprint density at radius 1 is 1.38 bits per heavy atom. The molecule has 1 aromatic rings. The molecular formula is C14H19BrN2O2SSi. The fourth-order valence-electron chi connectivity index (χ4n) is 1.82. The number of anilines is 1. The van der Waals surface area contributed by atoms with E-state index in [1.54, 1.807) is 11.8 Å². The molecular weight excluding hydrogens is 368 g/mol. The van der Waals surface area contributed by atoms with Gasteiger partial charge < -0.3 is 15.1 Å². The summed E-state index contributed by atoms with van der Waals surface area (Å²) < 4.78 is 6.51. The van der Waals surface area contributed by atoms with E-state index in [0.717, 1.165) is 16.5 Å². The van der Waals surface area contributed by atoms with E-state index in [2.05, 4.69) is 46.2 Å². The monoisotopic (exact) mass is 386 g/mol. The van der Waals surface area contributed by atoms with Crippen molar-refractivity contribution in [3.05, 3.63) is 39.8 Å². The number of thioether (sulfide) groups is 1. The summed E-state index contributed by atoms with van der Waals surface area (Å²) in [5.41, 5.74) is 0.776. The molecule has 2 N–H and O–H groups in total. The normalized spacial score (nSPS) is 20.9. The van der Waals surface area contributed by atoms with Crippen LogP contribution in [0.5, 0.6) is 0 Å². The maximum Gasteiger partial charge on any atom is 0.265 e. The second kappa shape index (κ2) is 7.00. The molecule has 7 heteroatoms. The van der Waals surface area contributed by atoms with Gasteiger partial charge in [0.2, 0.25) is 0 Å². The van der Waals surface area contributed by atoms with Gasteiger partial charge in [-0.1, -0.05) is 18.2 Å². The maximum atomic E-state index is 12.2. The SMILES string of the molecule is C[Si](C)(C)OC1CS/C(=C(\Br)C(=O)Nc2ccccc2)N1. The zero-order valence-electron chi connectivity index (χ0n) is 12.3. The Labute approximate surface area is 139 Å². The van der Waals surface area contributed by atoms with Crippen molar-refractivity contribution < 1.29 is 9.22 Å². The van der Waals surface area contributed by atoms with Crippen LogP contribution < -0.4 is 10.6 Å². The van der Waals surface area contributed by atoms with Crippen molar-refractivity contribution >= 4 is 47.6 Å². The van der Waals surface area contributed by atoms with Crippen LogP contribution in [0.4, 0.5) is 5.69 Å². The molecule has 1 atom stereocenters. The van der Waals surface area contributed by atoms with Gasteiger partial charge >= 0.3 is 0 Å². The van der Waals surface area contributed by atoms with Crippen LogP contribution >= 0.6 is 27.7 Å². The Bertz CT molecular complexity index is 546. The minimum absolute atomic E-state index is 0.0197. The van der Waals surface area contributed by atoms with Crippen molar-refractivity contribution in [1.29, 1.82) is 0 Å². The van der Waals surface area contributed by atoms with Crippen LogP contribution in [-0.4, -0.2) is 26.2 Å². The number of para-hydroxylation sites is 1. The molecule has 21 heavy (non-hydrogen) atoms. The summed E-state index contributed by atoms with van der Waals surface area (Å²) in [6.07, 6.45) is -0.0197. The predicted octanol–water partition coefficient (Wildman–Crippen LogP) is 3.70. The quantitative estimate of drug-likeness (QED) is 0.611. The van der Waals surface area contributed by atoms with Gasteiger partial charge in [0.05, 0.1) is 5.03 Å². The molecule has 1 unspecified atom stereocenters. The molecule has 1 fully saturated rings. The molecule has 1 saturated heterocycles. The number of rotatable bonds is 4. The van der Waals surface area contributed by atoms with Gasteiger partial charge in [0.15, 0.2) is 8.32 Å². The van der Waals surface area contributed by atoms with Gasteiger partial charge in [0.25, 0.3) is 5.91 Å². The molecule has 1 aromatic carbocycles. The van der Waals surface area contributed by atoms with Crippen LogP contribution in [0.1, 0.15) is 0 Å². The van der Waals surface area contributed by atoms with E-state index in [-0.39, 0.29) is 12.1 Å². The van der Waals surface area contributed by atoms with E-state index in [9.17, 15) is 4.79 Å². The van der Waals surface area contributed by atoms with Gasteiger partial charge in [-0.25, -0.2) is 0 Å². The Balaban J connectivity index is 1.99. The molecule has 2 rings (SSSR count). The van der Waals surface area contributed by atoms with Crippen LogP contribution in [-0.2, 0) is 9.22 Å². The number of carbonyl (C=O) groups is 1. The van der Waals surface area contributed by atoms with Gasteiger partial charge in [-0.15, -0.1) is 11.8 Å². The maximum absolute atomic E-state index is 12.2. The molecule has 1 amide bonds. The molecule has 0 aliphatic carbocycles. The first-order valence-electron chi connectivity index (χ1n) is 6.68. The summed E-state index contributed by atoms with van der Waals surface area (Å²) in [6.45, 7) is 6.45. The number of hydrogen-bond acceptors (Lipinski definition) is 4. The van der Waals surface area contributed by atoms with E-state index in [1.807, 2.05) is 30.3 Å². The first-order valence-corrected chi connectivity index (χ1v) is 11.9. The average Bonchev–Trinajstić information content (AvgIpc) is 2.85. The molecule has 0 bridgehead atoms. The molecule has 114 valence electrons.